The second-order valence-corrected chi connectivity index (χ2v) is 3.37. The van der Waals surface area contributed by atoms with Gasteiger partial charge in [-0.1, -0.05) is 12.2 Å². The minimum Gasteiger partial charge on any atom is -0.300 e. The van der Waals surface area contributed by atoms with Gasteiger partial charge in [0, 0.05) is 12.8 Å². The maximum absolute atomic E-state index is 11.0. The number of rotatable bonds is 0. The van der Waals surface area contributed by atoms with Gasteiger partial charge in [0.05, 0.1) is 0 Å². The highest BCUT2D eigenvalue weighted by molar-refractivity contribution is 5.79. The standard InChI is InChI=1S/C9H12O/c10-9-5-4-7-2-1-3-8(7)6-9/h1-2,7-8H,3-6H2/t7?,8-/m0/s1. The van der Waals surface area contributed by atoms with Crippen molar-refractivity contribution in [2.24, 2.45) is 11.8 Å². The molecule has 2 atom stereocenters. The van der Waals surface area contributed by atoms with E-state index in [-0.39, 0.29) is 0 Å². The van der Waals surface area contributed by atoms with Gasteiger partial charge < -0.3 is 0 Å². The van der Waals surface area contributed by atoms with Crippen molar-refractivity contribution >= 4 is 5.78 Å². The van der Waals surface area contributed by atoms with E-state index < -0.39 is 0 Å². The van der Waals surface area contributed by atoms with E-state index in [1.165, 1.54) is 0 Å². The van der Waals surface area contributed by atoms with Gasteiger partial charge in [-0.25, -0.2) is 0 Å². The summed E-state index contributed by atoms with van der Waals surface area (Å²) in [6, 6.07) is 0. The van der Waals surface area contributed by atoms with Crippen molar-refractivity contribution in [3.8, 4) is 0 Å². The first-order chi connectivity index (χ1) is 4.86. The molecule has 1 heteroatoms. The molecule has 0 spiro atoms. The van der Waals surface area contributed by atoms with Crippen molar-refractivity contribution < 1.29 is 4.79 Å². The summed E-state index contributed by atoms with van der Waals surface area (Å²) >= 11 is 0. The normalized spacial score (nSPS) is 38.2. The summed E-state index contributed by atoms with van der Waals surface area (Å²) in [5.74, 6) is 1.91. The zero-order chi connectivity index (χ0) is 6.97. The molecule has 2 rings (SSSR count). The summed E-state index contributed by atoms with van der Waals surface area (Å²) in [6.07, 6.45) is 8.45. The van der Waals surface area contributed by atoms with Gasteiger partial charge >= 0.3 is 0 Å². The van der Waals surface area contributed by atoms with Crippen LogP contribution in [0.2, 0.25) is 0 Å². The average Bonchev–Trinajstić information content (AvgIpc) is 2.33. The molecule has 0 N–H and O–H groups in total. The lowest BCUT2D eigenvalue weighted by atomic mass is 9.81. The minimum absolute atomic E-state index is 0.477. The van der Waals surface area contributed by atoms with Crippen LogP contribution in [0.15, 0.2) is 12.2 Å². The highest BCUT2D eigenvalue weighted by atomic mass is 16.1. The van der Waals surface area contributed by atoms with Crippen molar-refractivity contribution in [2.45, 2.75) is 25.7 Å². The van der Waals surface area contributed by atoms with Gasteiger partial charge in [-0.2, -0.15) is 0 Å². The van der Waals surface area contributed by atoms with Crippen molar-refractivity contribution in [3.05, 3.63) is 12.2 Å². The first-order valence-corrected chi connectivity index (χ1v) is 4.04. The van der Waals surface area contributed by atoms with Gasteiger partial charge in [0.2, 0.25) is 0 Å². The van der Waals surface area contributed by atoms with Gasteiger partial charge in [-0.15, -0.1) is 0 Å². The third kappa shape index (κ3) is 0.898. The Hall–Kier alpha value is -0.590. The van der Waals surface area contributed by atoms with Gasteiger partial charge in [0.25, 0.3) is 0 Å². The molecule has 1 saturated carbocycles. The monoisotopic (exact) mass is 136 g/mol. The minimum atomic E-state index is 0.477. The Morgan fingerprint density at radius 3 is 3.30 bits per heavy atom. The number of hydrogen-bond donors (Lipinski definition) is 0. The molecule has 2 aliphatic rings. The molecule has 0 heterocycles. The van der Waals surface area contributed by atoms with Crippen LogP contribution in [-0.2, 0) is 4.79 Å². The average molecular weight is 136 g/mol. The summed E-state index contributed by atoms with van der Waals surface area (Å²) in [4.78, 5) is 11.0. The van der Waals surface area contributed by atoms with Crippen LogP contribution in [0.1, 0.15) is 25.7 Å². The summed E-state index contributed by atoms with van der Waals surface area (Å²) in [7, 11) is 0. The summed E-state index contributed by atoms with van der Waals surface area (Å²) in [5, 5.41) is 0. The molecular formula is C9H12O. The highest BCUT2D eigenvalue weighted by Crippen LogP contribution is 2.35. The van der Waals surface area contributed by atoms with Crippen molar-refractivity contribution in [1.29, 1.82) is 0 Å². The van der Waals surface area contributed by atoms with E-state index in [4.69, 9.17) is 0 Å². The number of allylic oxidation sites excluding steroid dienone is 2. The number of hydrogen-bond acceptors (Lipinski definition) is 1. The molecule has 0 saturated heterocycles. The van der Waals surface area contributed by atoms with Crippen LogP contribution in [-0.4, -0.2) is 5.78 Å². The highest BCUT2D eigenvalue weighted by Gasteiger charge is 2.29. The lowest BCUT2D eigenvalue weighted by Crippen LogP contribution is -2.20. The fourth-order valence-corrected chi connectivity index (χ4v) is 2.05. The number of ketones is 1. The van der Waals surface area contributed by atoms with Crippen LogP contribution in [0.3, 0.4) is 0 Å². The Morgan fingerprint density at radius 2 is 2.40 bits per heavy atom. The van der Waals surface area contributed by atoms with E-state index >= 15 is 0 Å². The van der Waals surface area contributed by atoms with Crippen LogP contribution in [0.4, 0.5) is 0 Å². The topological polar surface area (TPSA) is 17.1 Å². The Balaban J connectivity index is 2.07. The molecule has 10 heavy (non-hydrogen) atoms. The molecule has 54 valence electrons. The molecular weight excluding hydrogens is 124 g/mol. The SMILES string of the molecule is O=C1CCC2C=CC[C@H]2C1. The van der Waals surface area contributed by atoms with Crippen LogP contribution in [0.25, 0.3) is 0 Å². The van der Waals surface area contributed by atoms with Crippen molar-refractivity contribution in [3.63, 3.8) is 0 Å². The van der Waals surface area contributed by atoms with Crippen LogP contribution < -0.4 is 0 Å². The fraction of sp³-hybridized carbons (Fsp3) is 0.667. The number of carbonyl (C=O) groups excluding carboxylic acids is 1. The predicted octanol–water partition coefficient (Wildman–Crippen LogP) is 1.93. The summed E-state index contributed by atoms with van der Waals surface area (Å²) in [5.41, 5.74) is 0. The zero-order valence-electron chi connectivity index (χ0n) is 6.05. The second kappa shape index (κ2) is 2.22. The lowest BCUT2D eigenvalue weighted by molar-refractivity contribution is -0.122. The molecule has 0 aromatic rings. The number of fused-ring (bicyclic) bond motifs is 1. The Bertz CT molecular complexity index is 181. The second-order valence-electron chi connectivity index (χ2n) is 3.37. The smallest absolute Gasteiger partial charge is 0.133 e. The summed E-state index contributed by atoms with van der Waals surface area (Å²) in [6.45, 7) is 0. The zero-order valence-corrected chi connectivity index (χ0v) is 6.05. The van der Waals surface area contributed by atoms with E-state index in [0.717, 1.165) is 31.6 Å². The molecule has 0 aliphatic heterocycles. The number of carbonyl (C=O) groups is 1. The molecule has 1 unspecified atom stereocenters. The lowest BCUT2D eigenvalue weighted by Gasteiger charge is -2.23. The molecule has 0 bridgehead atoms. The van der Waals surface area contributed by atoms with Gasteiger partial charge in [0.1, 0.15) is 5.78 Å². The Kier molecular flexibility index (Phi) is 1.37. The van der Waals surface area contributed by atoms with E-state index in [9.17, 15) is 4.79 Å². The predicted molar refractivity (Wildman–Crippen MR) is 39.6 cm³/mol. The van der Waals surface area contributed by atoms with E-state index in [0.29, 0.717) is 11.7 Å². The van der Waals surface area contributed by atoms with Crippen LogP contribution in [0.5, 0.6) is 0 Å². The first kappa shape index (κ1) is 6.14. The molecule has 0 radical (unpaired) electrons. The maximum atomic E-state index is 11.0. The summed E-state index contributed by atoms with van der Waals surface area (Å²) < 4.78 is 0. The van der Waals surface area contributed by atoms with Crippen LogP contribution >= 0.6 is 0 Å². The van der Waals surface area contributed by atoms with Gasteiger partial charge in [-0.05, 0) is 24.7 Å². The third-order valence-corrected chi connectivity index (χ3v) is 2.67. The molecule has 1 fully saturated rings. The van der Waals surface area contributed by atoms with E-state index in [2.05, 4.69) is 12.2 Å². The molecule has 0 aromatic heterocycles. The third-order valence-electron chi connectivity index (χ3n) is 2.67. The molecule has 2 aliphatic carbocycles. The molecule has 0 amide bonds. The van der Waals surface area contributed by atoms with E-state index in [1.54, 1.807) is 0 Å². The Morgan fingerprint density at radius 1 is 1.50 bits per heavy atom. The maximum Gasteiger partial charge on any atom is 0.133 e. The number of Topliss-reactive ketones (excluding diaryl/α,β-unsaturated/α-hetero) is 1. The van der Waals surface area contributed by atoms with Crippen molar-refractivity contribution in [2.75, 3.05) is 0 Å². The van der Waals surface area contributed by atoms with Crippen LogP contribution in [0, 0.1) is 11.8 Å². The largest absolute Gasteiger partial charge is 0.300 e. The van der Waals surface area contributed by atoms with Gasteiger partial charge in [0.15, 0.2) is 0 Å². The van der Waals surface area contributed by atoms with Crippen molar-refractivity contribution in [1.82, 2.24) is 0 Å². The first-order valence-electron chi connectivity index (χ1n) is 4.04. The molecule has 0 aromatic carbocycles. The Labute approximate surface area is 61.1 Å². The van der Waals surface area contributed by atoms with E-state index in [1.807, 2.05) is 0 Å². The van der Waals surface area contributed by atoms with Gasteiger partial charge in [-0.3, -0.25) is 4.79 Å². The molecule has 1 nitrogen and oxygen atoms in total. The fourth-order valence-electron chi connectivity index (χ4n) is 2.05. The quantitative estimate of drug-likeness (QED) is 0.465.